The van der Waals surface area contributed by atoms with Crippen LogP contribution in [0.4, 0.5) is 21.3 Å². The van der Waals surface area contributed by atoms with Crippen LogP contribution in [0.15, 0.2) is 152 Å². The fourth-order valence-electron chi connectivity index (χ4n) is 10.1. The number of carbonyl (C=O) groups is 4. The second-order valence-electron chi connectivity index (χ2n) is 17.0. The molecule has 0 radical (unpaired) electrons. The Bertz CT molecular complexity index is 3200. The van der Waals surface area contributed by atoms with Crippen molar-refractivity contribution in [3.63, 3.8) is 0 Å². The van der Waals surface area contributed by atoms with Crippen molar-refractivity contribution in [1.29, 1.82) is 0 Å². The lowest BCUT2D eigenvalue weighted by molar-refractivity contribution is -0.384. The molecule has 6 aromatic carbocycles. The van der Waals surface area contributed by atoms with Gasteiger partial charge < -0.3 is 29.7 Å². The molecule has 3 amide bonds. The summed E-state index contributed by atoms with van der Waals surface area (Å²) in [5.74, 6) is 2.29. The van der Waals surface area contributed by atoms with E-state index in [1.165, 1.54) is 35.6 Å². The molecule has 1 aromatic heterocycles. The third-order valence-electron chi connectivity index (χ3n) is 13.0. The molecule has 7 aromatic rings. The molecular formula is C54H43N5O11S. The molecule has 3 aliphatic heterocycles. The fraction of sp³-hybridized carbons (Fsp3) is 0.204. The van der Waals surface area contributed by atoms with E-state index in [1.807, 2.05) is 83.8 Å². The summed E-state index contributed by atoms with van der Waals surface area (Å²) in [6.07, 6.45) is -1.96. The Balaban J connectivity index is 1.23. The number of imide groups is 1. The number of nitro benzene ring substituents is 1. The number of hydrogen-bond acceptors (Lipinski definition) is 14. The summed E-state index contributed by atoms with van der Waals surface area (Å²) < 4.78 is 19.0. The second kappa shape index (κ2) is 19.6. The van der Waals surface area contributed by atoms with Gasteiger partial charge in [-0.15, -0.1) is 0 Å². The SMILES string of the molecule is O=C1OC(c2ccccc2)C(c2ccccc2)N2C1C(C(=O)Nc1nc3ccccc3s1)C1(C(=O)N(C(=O)OCc3ccc([N+](=O)[O-])cc3)c3ccc(C#CCCO)cc31)C2c1ccc(OCCO)cc1. The molecule has 4 heterocycles. The zero-order valence-electron chi connectivity index (χ0n) is 37.6. The Hall–Kier alpha value is -8.27. The monoisotopic (exact) mass is 969 g/mol. The third-order valence-corrected chi connectivity index (χ3v) is 13.9. The van der Waals surface area contributed by atoms with Crippen LogP contribution in [0.5, 0.6) is 5.75 Å². The standard InChI is InChI=1S/C54H43N5O11S/c60-28-10-9-11-33-20-27-42-40(31-33)54(51(64)57(42)53(65)69-32-34-18-23-38(24-19-34)59(66)67)44(49(62)56-52-55-41-16-7-8-17-43(41)71-52)46-50(63)70-47(36-14-5-2-6-15-36)45(35-12-3-1-4-13-35)58(46)48(54)37-21-25-39(26-22-37)68-30-29-61/h1-8,12-27,31,44-48,60-61H,10,28-30,32H2,(H,55,56,62). The number of fused-ring (bicyclic) bond motifs is 4. The third kappa shape index (κ3) is 8.42. The van der Waals surface area contributed by atoms with Gasteiger partial charge in [-0.1, -0.05) is 108 Å². The summed E-state index contributed by atoms with van der Waals surface area (Å²) in [6, 6.07) is 39.2. The summed E-state index contributed by atoms with van der Waals surface area (Å²) >= 11 is 1.21. The van der Waals surface area contributed by atoms with Crippen LogP contribution >= 0.6 is 11.3 Å². The predicted octanol–water partition coefficient (Wildman–Crippen LogP) is 7.95. The summed E-state index contributed by atoms with van der Waals surface area (Å²) in [7, 11) is 0. The normalized spacial score (nSPS) is 21.2. The van der Waals surface area contributed by atoms with Gasteiger partial charge in [0.15, 0.2) is 5.13 Å². The van der Waals surface area contributed by atoms with Crippen LogP contribution in [0.1, 0.15) is 58.0 Å². The Morgan fingerprint density at radius 2 is 1.54 bits per heavy atom. The molecule has 6 unspecified atom stereocenters. The second-order valence-corrected chi connectivity index (χ2v) is 18.0. The minimum absolute atomic E-state index is 0.00149. The number of carbonyl (C=O) groups excluding carboxylic acids is 4. The molecule has 10 rings (SSSR count). The van der Waals surface area contributed by atoms with E-state index < -0.39 is 64.4 Å². The highest BCUT2D eigenvalue weighted by atomic mass is 32.1. The van der Waals surface area contributed by atoms with Crippen molar-refractivity contribution < 1.29 is 48.5 Å². The van der Waals surface area contributed by atoms with Crippen LogP contribution in [-0.4, -0.2) is 74.8 Å². The first kappa shape index (κ1) is 46.5. The van der Waals surface area contributed by atoms with Gasteiger partial charge in [-0.05, 0) is 82.4 Å². The maximum Gasteiger partial charge on any atom is 0.421 e. The van der Waals surface area contributed by atoms with Crippen LogP contribution in [-0.2, 0) is 35.9 Å². The van der Waals surface area contributed by atoms with Gasteiger partial charge in [0.25, 0.3) is 5.69 Å². The average Bonchev–Trinajstić information content (AvgIpc) is 4.03. The zero-order valence-corrected chi connectivity index (χ0v) is 38.4. The number of amides is 3. The van der Waals surface area contributed by atoms with E-state index in [0.29, 0.717) is 39.1 Å². The van der Waals surface area contributed by atoms with Crippen molar-refractivity contribution in [2.24, 2.45) is 5.92 Å². The molecule has 71 heavy (non-hydrogen) atoms. The van der Waals surface area contributed by atoms with Gasteiger partial charge in [-0.2, -0.15) is 0 Å². The lowest BCUT2D eigenvalue weighted by atomic mass is 9.65. The topological polar surface area (TPSA) is 211 Å². The van der Waals surface area contributed by atoms with Crippen LogP contribution in [0.25, 0.3) is 10.2 Å². The number of aromatic nitrogens is 1. The minimum atomic E-state index is -2.16. The van der Waals surface area contributed by atoms with Crippen LogP contribution < -0.4 is 15.0 Å². The number of anilines is 2. The molecule has 1 spiro atoms. The molecule has 17 heteroatoms. The maximum atomic E-state index is 16.5. The first-order valence-corrected chi connectivity index (χ1v) is 23.5. The van der Waals surface area contributed by atoms with Crippen LogP contribution in [0, 0.1) is 27.9 Å². The largest absolute Gasteiger partial charge is 0.491 e. The number of cyclic esters (lactones) is 1. The number of aliphatic hydroxyl groups is 2. The van der Waals surface area contributed by atoms with E-state index in [1.54, 1.807) is 48.5 Å². The van der Waals surface area contributed by atoms with E-state index >= 15 is 14.4 Å². The zero-order chi connectivity index (χ0) is 49.2. The molecular weight excluding hydrogens is 927 g/mol. The van der Waals surface area contributed by atoms with Crippen molar-refractivity contribution in [2.75, 3.05) is 30.0 Å². The van der Waals surface area contributed by atoms with Gasteiger partial charge in [-0.25, -0.2) is 14.7 Å². The van der Waals surface area contributed by atoms with Crippen molar-refractivity contribution in [3.05, 3.63) is 195 Å². The van der Waals surface area contributed by atoms with Gasteiger partial charge in [0.1, 0.15) is 36.5 Å². The van der Waals surface area contributed by atoms with Crippen molar-refractivity contribution in [2.45, 2.75) is 42.7 Å². The summed E-state index contributed by atoms with van der Waals surface area (Å²) in [5.41, 5.74) is 1.11. The number of esters is 1. The van der Waals surface area contributed by atoms with Gasteiger partial charge in [-0.3, -0.25) is 29.4 Å². The van der Waals surface area contributed by atoms with Crippen LogP contribution in [0.3, 0.4) is 0 Å². The number of benzene rings is 6. The smallest absolute Gasteiger partial charge is 0.421 e. The highest BCUT2D eigenvalue weighted by molar-refractivity contribution is 7.22. The number of morpholine rings is 1. The number of nitrogens with one attached hydrogen (secondary N) is 1. The molecule has 6 atom stereocenters. The lowest BCUT2D eigenvalue weighted by Crippen LogP contribution is -2.54. The van der Waals surface area contributed by atoms with E-state index in [2.05, 4.69) is 17.2 Å². The Kier molecular flexibility index (Phi) is 12.8. The molecule has 3 aliphatic rings. The van der Waals surface area contributed by atoms with E-state index in [9.17, 15) is 25.1 Å². The summed E-state index contributed by atoms with van der Waals surface area (Å²) in [6.45, 7) is -0.853. The van der Waals surface area contributed by atoms with Crippen molar-refractivity contribution in [3.8, 4) is 17.6 Å². The van der Waals surface area contributed by atoms with Gasteiger partial charge in [0, 0.05) is 24.1 Å². The molecule has 0 bridgehead atoms. The molecule has 16 nitrogen and oxygen atoms in total. The van der Waals surface area contributed by atoms with E-state index in [4.69, 9.17) is 19.2 Å². The number of ether oxygens (including phenoxy) is 3. The number of nitro groups is 1. The van der Waals surface area contributed by atoms with Gasteiger partial charge in [0.2, 0.25) is 11.8 Å². The summed E-state index contributed by atoms with van der Waals surface area (Å²) in [5, 5.41) is 33.9. The minimum Gasteiger partial charge on any atom is -0.491 e. The number of non-ortho nitro benzene ring substituents is 1. The molecule has 0 saturated carbocycles. The summed E-state index contributed by atoms with van der Waals surface area (Å²) in [4.78, 5) is 81.0. The first-order chi connectivity index (χ1) is 34.6. The Morgan fingerprint density at radius 3 is 2.23 bits per heavy atom. The lowest BCUT2D eigenvalue weighted by Gasteiger charge is -2.46. The highest BCUT2D eigenvalue weighted by Crippen LogP contribution is 2.66. The highest BCUT2D eigenvalue weighted by Gasteiger charge is 2.76. The van der Waals surface area contributed by atoms with Gasteiger partial charge in [0.05, 0.1) is 52.0 Å². The number of nitrogens with zero attached hydrogens (tertiary/aromatic N) is 4. The molecule has 2 saturated heterocycles. The van der Waals surface area contributed by atoms with Crippen molar-refractivity contribution >= 4 is 61.9 Å². The quantitative estimate of drug-likeness (QED) is 0.0460. The average molecular weight is 970 g/mol. The number of hydrogen-bond donors (Lipinski definition) is 3. The number of para-hydroxylation sites is 1. The Labute approximate surface area is 410 Å². The fourth-order valence-corrected chi connectivity index (χ4v) is 11.0. The molecule has 3 N–H and O–H groups in total. The number of rotatable bonds is 12. The van der Waals surface area contributed by atoms with E-state index in [0.717, 1.165) is 9.60 Å². The number of aliphatic hydroxyl groups excluding tert-OH is 2. The van der Waals surface area contributed by atoms with Crippen LogP contribution in [0.2, 0.25) is 0 Å². The maximum absolute atomic E-state index is 16.5. The first-order valence-electron chi connectivity index (χ1n) is 22.7. The molecule has 0 aliphatic carbocycles. The predicted molar refractivity (Wildman–Crippen MR) is 261 cm³/mol. The number of thiazole rings is 1. The molecule has 356 valence electrons. The Morgan fingerprint density at radius 1 is 0.831 bits per heavy atom. The van der Waals surface area contributed by atoms with Gasteiger partial charge >= 0.3 is 12.1 Å². The van der Waals surface area contributed by atoms with Crippen molar-refractivity contribution in [1.82, 2.24) is 9.88 Å². The molecule has 2 fully saturated rings. The van der Waals surface area contributed by atoms with E-state index in [-0.39, 0.29) is 54.9 Å².